The van der Waals surface area contributed by atoms with Crippen molar-refractivity contribution in [2.24, 2.45) is 0 Å². The third-order valence-corrected chi connectivity index (χ3v) is 4.29. The second-order valence-corrected chi connectivity index (χ2v) is 5.99. The topological polar surface area (TPSA) is 32.9 Å². The molecule has 1 aromatic carbocycles. The van der Waals surface area contributed by atoms with Crippen molar-refractivity contribution in [1.29, 1.82) is 0 Å². The number of hydrogen-bond acceptors (Lipinski definition) is 2. The highest BCUT2D eigenvalue weighted by Gasteiger charge is 2.31. The summed E-state index contributed by atoms with van der Waals surface area (Å²) in [6.45, 7) is 1.93. The second kappa shape index (κ2) is 4.73. The van der Waals surface area contributed by atoms with Crippen LogP contribution in [0.2, 0.25) is 0 Å². The van der Waals surface area contributed by atoms with Crippen molar-refractivity contribution in [1.82, 2.24) is 4.98 Å². The molecule has 0 radical (unpaired) electrons. The Labute approximate surface area is 122 Å². The van der Waals surface area contributed by atoms with Gasteiger partial charge in [0.2, 0.25) is 0 Å². The van der Waals surface area contributed by atoms with Crippen molar-refractivity contribution < 1.29 is 18.0 Å². The highest BCUT2D eigenvalue weighted by atomic mass is 32.1. The van der Waals surface area contributed by atoms with Gasteiger partial charge in [0.1, 0.15) is 0 Å². The Hall–Kier alpha value is -2.08. The molecule has 0 aliphatic carbocycles. The molecule has 21 heavy (non-hydrogen) atoms. The molecular weight excluding hydrogens is 299 g/mol. The summed E-state index contributed by atoms with van der Waals surface area (Å²) >= 11 is 1.48. The molecule has 0 aliphatic heterocycles. The van der Waals surface area contributed by atoms with Gasteiger partial charge in [-0.15, -0.1) is 11.3 Å². The van der Waals surface area contributed by atoms with E-state index in [-0.39, 0.29) is 5.56 Å². The maximum atomic E-state index is 12.8. The zero-order valence-electron chi connectivity index (χ0n) is 10.9. The molecule has 0 fully saturated rings. The number of nitrogens with one attached hydrogen (secondary N) is 1. The van der Waals surface area contributed by atoms with E-state index in [1.165, 1.54) is 17.4 Å². The van der Waals surface area contributed by atoms with E-state index in [4.69, 9.17) is 0 Å². The van der Waals surface area contributed by atoms with E-state index in [2.05, 4.69) is 4.98 Å². The number of fused-ring (bicyclic) bond motifs is 1. The van der Waals surface area contributed by atoms with Crippen LogP contribution >= 0.6 is 11.3 Å². The molecule has 1 N–H and O–H groups in total. The molecule has 2 heterocycles. The number of alkyl halides is 3. The van der Waals surface area contributed by atoms with Crippen LogP contribution < -0.4 is 0 Å². The van der Waals surface area contributed by atoms with Gasteiger partial charge >= 0.3 is 6.18 Å². The minimum Gasteiger partial charge on any atom is -0.353 e. The van der Waals surface area contributed by atoms with Crippen molar-refractivity contribution >= 4 is 28.5 Å². The molecule has 0 aliphatic rings. The highest BCUT2D eigenvalue weighted by molar-refractivity contribution is 7.15. The maximum Gasteiger partial charge on any atom is 0.416 e. The van der Waals surface area contributed by atoms with Crippen LogP contribution in [-0.4, -0.2) is 11.3 Å². The van der Waals surface area contributed by atoms with Gasteiger partial charge in [-0.25, -0.2) is 0 Å². The van der Waals surface area contributed by atoms with Gasteiger partial charge in [-0.3, -0.25) is 4.79 Å². The maximum absolute atomic E-state index is 12.8. The fourth-order valence-corrected chi connectivity index (χ4v) is 3.16. The lowest BCUT2D eigenvalue weighted by Gasteiger charge is -2.05. The highest BCUT2D eigenvalue weighted by Crippen LogP contribution is 2.36. The zero-order valence-corrected chi connectivity index (χ0v) is 11.7. The number of carbonyl (C=O) groups excluding carboxylic acids is 1. The number of aryl methyl sites for hydroxylation is 1. The van der Waals surface area contributed by atoms with Crippen molar-refractivity contribution in [3.05, 3.63) is 46.3 Å². The molecule has 0 saturated carbocycles. The number of hydrogen-bond donors (Lipinski definition) is 1. The number of thiophene rings is 1. The average molecular weight is 309 g/mol. The number of aldehydes is 1. The third-order valence-electron chi connectivity index (χ3n) is 3.27. The van der Waals surface area contributed by atoms with Crippen LogP contribution in [-0.2, 0) is 6.18 Å². The number of halogens is 3. The Morgan fingerprint density at radius 3 is 2.52 bits per heavy atom. The van der Waals surface area contributed by atoms with E-state index >= 15 is 0 Å². The summed E-state index contributed by atoms with van der Waals surface area (Å²) in [6, 6.07) is 7.13. The minimum atomic E-state index is -4.43. The minimum absolute atomic E-state index is 0.262. The van der Waals surface area contributed by atoms with E-state index in [0.717, 1.165) is 21.9 Å². The first-order valence-electron chi connectivity index (χ1n) is 6.15. The first-order valence-corrected chi connectivity index (χ1v) is 6.96. The van der Waals surface area contributed by atoms with Crippen LogP contribution in [0.15, 0.2) is 30.3 Å². The Balaban J connectivity index is 2.26. The Morgan fingerprint density at radius 2 is 1.95 bits per heavy atom. The summed E-state index contributed by atoms with van der Waals surface area (Å²) in [5.41, 5.74) is 0.590. The Morgan fingerprint density at radius 1 is 1.19 bits per heavy atom. The molecule has 2 nitrogen and oxygen atoms in total. The number of H-pyrrole nitrogens is 1. The molecule has 3 rings (SSSR count). The number of carbonyl (C=O) groups is 1. The van der Waals surface area contributed by atoms with E-state index in [1.807, 2.05) is 19.1 Å². The van der Waals surface area contributed by atoms with Crippen LogP contribution in [0.1, 0.15) is 20.8 Å². The fourth-order valence-electron chi connectivity index (χ4n) is 2.27. The lowest BCUT2D eigenvalue weighted by atomic mass is 10.1. The second-order valence-electron chi connectivity index (χ2n) is 4.70. The first kappa shape index (κ1) is 13.9. The molecule has 0 atom stereocenters. The molecule has 0 saturated heterocycles. The van der Waals surface area contributed by atoms with Crippen LogP contribution in [0.4, 0.5) is 13.2 Å². The average Bonchev–Trinajstić information content (AvgIpc) is 2.99. The summed E-state index contributed by atoms with van der Waals surface area (Å²) in [5, 5.41) is 0.292. The normalized spacial score (nSPS) is 12.0. The van der Waals surface area contributed by atoms with Gasteiger partial charge in [0.15, 0.2) is 6.29 Å². The number of aromatic amines is 1. The standard InChI is InChI=1S/C15H10F3NOS/c1-8-2-5-13(21-8)14-11(7-20)10-6-9(15(16,17)18)3-4-12(10)19-14/h2-7,19H,1H3. The van der Waals surface area contributed by atoms with Gasteiger partial charge in [-0.2, -0.15) is 13.2 Å². The lowest BCUT2D eigenvalue weighted by molar-refractivity contribution is -0.137. The first-order chi connectivity index (χ1) is 9.90. The number of benzene rings is 1. The zero-order chi connectivity index (χ0) is 15.2. The van der Waals surface area contributed by atoms with Crippen molar-refractivity contribution in [3.63, 3.8) is 0 Å². The summed E-state index contributed by atoms with van der Waals surface area (Å²) < 4.78 is 38.4. The Kier molecular flexibility index (Phi) is 3.13. The molecular formula is C15H10F3NOS. The van der Waals surface area contributed by atoms with E-state index < -0.39 is 11.7 Å². The quantitative estimate of drug-likeness (QED) is 0.661. The summed E-state index contributed by atoms with van der Waals surface area (Å²) in [7, 11) is 0. The lowest BCUT2D eigenvalue weighted by Crippen LogP contribution is -2.04. The monoisotopic (exact) mass is 309 g/mol. The molecule has 0 bridgehead atoms. The molecule has 2 aromatic heterocycles. The van der Waals surface area contributed by atoms with E-state index in [1.54, 1.807) is 0 Å². The van der Waals surface area contributed by atoms with Crippen LogP contribution in [0, 0.1) is 6.92 Å². The van der Waals surface area contributed by atoms with Gasteiger partial charge in [0.05, 0.1) is 16.1 Å². The van der Waals surface area contributed by atoms with Crippen molar-refractivity contribution in [2.45, 2.75) is 13.1 Å². The molecule has 0 unspecified atom stereocenters. The SMILES string of the molecule is Cc1ccc(-c2[nH]c3ccc(C(F)(F)F)cc3c2C=O)s1. The van der Waals surface area contributed by atoms with Crippen LogP contribution in [0.5, 0.6) is 0 Å². The summed E-state index contributed by atoms with van der Waals surface area (Å²) in [6.07, 6.45) is -3.82. The van der Waals surface area contributed by atoms with Gasteiger partial charge in [0.25, 0.3) is 0 Å². The van der Waals surface area contributed by atoms with Gasteiger partial charge in [-0.1, -0.05) is 0 Å². The smallest absolute Gasteiger partial charge is 0.353 e. The van der Waals surface area contributed by atoms with Gasteiger partial charge < -0.3 is 4.98 Å². The molecule has 3 aromatic rings. The molecule has 108 valence electrons. The molecule has 6 heteroatoms. The number of aromatic nitrogens is 1. The van der Waals surface area contributed by atoms with Gasteiger partial charge in [-0.05, 0) is 37.3 Å². The van der Waals surface area contributed by atoms with Crippen molar-refractivity contribution in [3.8, 4) is 10.6 Å². The molecule has 0 spiro atoms. The van der Waals surface area contributed by atoms with Crippen molar-refractivity contribution in [2.75, 3.05) is 0 Å². The predicted molar refractivity (Wildman–Crippen MR) is 76.7 cm³/mol. The van der Waals surface area contributed by atoms with Crippen LogP contribution in [0.3, 0.4) is 0 Å². The molecule has 0 amide bonds. The van der Waals surface area contributed by atoms with E-state index in [0.29, 0.717) is 22.9 Å². The fraction of sp³-hybridized carbons (Fsp3) is 0.133. The third kappa shape index (κ3) is 2.35. The summed E-state index contributed by atoms with van der Waals surface area (Å²) in [5.74, 6) is 0. The van der Waals surface area contributed by atoms with Crippen LogP contribution in [0.25, 0.3) is 21.5 Å². The number of rotatable bonds is 2. The Bertz CT molecular complexity index is 829. The van der Waals surface area contributed by atoms with E-state index in [9.17, 15) is 18.0 Å². The summed E-state index contributed by atoms with van der Waals surface area (Å²) in [4.78, 5) is 16.3. The van der Waals surface area contributed by atoms with Gasteiger partial charge in [0, 0.05) is 21.3 Å². The largest absolute Gasteiger partial charge is 0.416 e. The predicted octanol–water partition coefficient (Wildman–Crippen LogP) is 5.04.